The smallest absolute Gasteiger partial charge is 0.00984 e. The Kier molecular flexibility index (Phi) is 5.04. The zero-order chi connectivity index (χ0) is 17.3. The van der Waals surface area contributed by atoms with E-state index in [0.717, 1.165) is 0 Å². The molecule has 0 bridgehead atoms. The van der Waals surface area contributed by atoms with Crippen molar-refractivity contribution in [1.29, 1.82) is 0 Å². The van der Waals surface area contributed by atoms with E-state index in [4.69, 9.17) is 0 Å². The second-order valence-electron chi connectivity index (χ2n) is 8.94. The molecule has 0 saturated heterocycles. The van der Waals surface area contributed by atoms with Gasteiger partial charge in [-0.2, -0.15) is 0 Å². The molecule has 0 heterocycles. The van der Waals surface area contributed by atoms with E-state index >= 15 is 0 Å². The van der Waals surface area contributed by atoms with Gasteiger partial charge in [0.15, 0.2) is 0 Å². The summed E-state index contributed by atoms with van der Waals surface area (Å²) in [5, 5.41) is 0. The van der Waals surface area contributed by atoms with Gasteiger partial charge in [0.2, 0.25) is 0 Å². The molecule has 0 N–H and O–H groups in total. The molecule has 0 spiro atoms. The van der Waals surface area contributed by atoms with Gasteiger partial charge >= 0.3 is 0 Å². The molecule has 0 fully saturated rings. The molecule has 0 heteroatoms. The summed E-state index contributed by atoms with van der Waals surface area (Å²) < 4.78 is 0. The van der Waals surface area contributed by atoms with Gasteiger partial charge in [-0.1, -0.05) is 97.0 Å². The normalized spacial score (nSPS) is 12.7. The first-order valence-corrected chi connectivity index (χ1v) is 8.80. The lowest BCUT2D eigenvalue weighted by molar-refractivity contribution is 0.284. The largest absolute Gasteiger partial charge is 0.0619 e. The molecule has 0 aliphatic heterocycles. The van der Waals surface area contributed by atoms with Gasteiger partial charge in [0.1, 0.15) is 0 Å². The lowest BCUT2D eigenvalue weighted by Gasteiger charge is -2.33. The predicted octanol–water partition coefficient (Wildman–Crippen LogP) is 7.19. The van der Waals surface area contributed by atoms with Gasteiger partial charge in [0, 0.05) is 0 Å². The maximum Gasteiger partial charge on any atom is -0.00984 e. The van der Waals surface area contributed by atoms with Crippen LogP contribution in [0.25, 0.3) is 11.1 Å². The van der Waals surface area contributed by atoms with Crippen LogP contribution in [0.4, 0.5) is 0 Å². The first-order valence-electron chi connectivity index (χ1n) is 8.80. The highest BCUT2D eigenvalue weighted by atomic mass is 14.3. The van der Waals surface area contributed by atoms with Crippen molar-refractivity contribution in [2.24, 2.45) is 5.41 Å². The van der Waals surface area contributed by atoms with Crippen molar-refractivity contribution in [2.75, 3.05) is 0 Å². The highest BCUT2D eigenvalue weighted by molar-refractivity contribution is 5.69. The number of hydrogen-bond donors (Lipinski definition) is 0. The van der Waals surface area contributed by atoms with Crippen LogP contribution in [0, 0.1) is 5.41 Å². The summed E-state index contributed by atoms with van der Waals surface area (Å²) >= 11 is 0. The molecule has 124 valence electrons. The van der Waals surface area contributed by atoms with E-state index in [2.05, 4.69) is 97.0 Å². The standard InChI is InChI=1S/C23H32/c1-17(2)20-13-8-9-14-21(20)18-11-10-12-19(15-18)23(6,7)16-22(3,4)5/h8-15,17H,16H2,1-7H3. The van der Waals surface area contributed by atoms with Gasteiger partial charge in [-0.3, -0.25) is 0 Å². The van der Waals surface area contributed by atoms with Crippen molar-refractivity contribution in [3.05, 3.63) is 59.7 Å². The molecule has 0 unspecified atom stereocenters. The molecule has 0 aliphatic carbocycles. The van der Waals surface area contributed by atoms with Gasteiger partial charge in [-0.25, -0.2) is 0 Å². The molecule has 2 aromatic rings. The van der Waals surface area contributed by atoms with Crippen molar-refractivity contribution < 1.29 is 0 Å². The highest BCUT2D eigenvalue weighted by Gasteiger charge is 2.27. The van der Waals surface area contributed by atoms with Crippen molar-refractivity contribution >= 4 is 0 Å². The quantitative estimate of drug-likeness (QED) is 0.560. The van der Waals surface area contributed by atoms with Crippen LogP contribution in [0.2, 0.25) is 0 Å². The van der Waals surface area contributed by atoms with E-state index in [9.17, 15) is 0 Å². The molecule has 0 amide bonds. The molecule has 2 aromatic carbocycles. The Hall–Kier alpha value is -1.56. The molecule has 23 heavy (non-hydrogen) atoms. The maximum absolute atomic E-state index is 2.40. The number of hydrogen-bond acceptors (Lipinski definition) is 0. The van der Waals surface area contributed by atoms with Crippen LogP contribution < -0.4 is 0 Å². The zero-order valence-corrected chi connectivity index (χ0v) is 15.9. The molecular weight excluding hydrogens is 276 g/mol. The molecule has 0 nitrogen and oxygen atoms in total. The average molecular weight is 309 g/mol. The second-order valence-corrected chi connectivity index (χ2v) is 8.94. The molecule has 0 saturated carbocycles. The van der Waals surface area contributed by atoms with Crippen LogP contribution >= 0.6 is 0 Å². The van der Waals surface area contributed by atoms with Crippen LogP contribution in [-0.4, -0.2) is 0 Å². The monoisotopic (exact) mass is 308 g/mol. The van der Waals surface area contributed by atoms with E-state index in [1.807, 2.05) is 0 Å². The van der Waals surface area contributed by atoms with Gasteiger partial charge in [0.05, 0.1) is 0 Å². The van der Waals surface area contributed by atoms with Crippen molar-refractivity contribution in [3.8, 4) is 11.1 Å². The summed E-state index contributed by atoms with van der Waals surface area (Å²) in [6, 6.07) is 17.9. The second kappa shape index (κ2) is 6.51. The summed E-state index contributed by atoms with van der Waals surface area (Å²) in [5.41, 5.74) is 6.09. The van der Waals surface area contributed by atoms with E-state index in [1.54, 1.807) is 0 Å². The Morgan fingerprint density at radius 2 is 1.48 bits per heavy atom. The van der Waals surface area contributed by atoms with E-state index in [-0.39, 0.29) is 5.41 Å². The summed E-state index contributed by atoms with van der Waals surface area (Å²) in [5.74, 6) is 0.539. The molecule has 0 atom stereocenters. The van der Waals surface area contributed by atoms with Crippen LogP contribution in [0.15, 0.2) is 48.5 Å². The van der Waals surface area contributed by atoms with Crippen molar-refractivity contribution in [3.63, 3.8) is 0 Å². The van der Waals surface area contributed by atoms with Crippen molar-refractivity contribution in [2.45, 2.75) is 66.2 Å². The summed E-state index contributed by atoms with van der Waals surface area (Å²) in [4.78, 5) is 0. The fraction of sp³-hybridized carbons (Fsp3) is 0.478. The van der Waals surface area contributed by atoms with Crippen LogP contribution in [0.3, 0.4) is 0 Å². The Labute approximate surface area is 143 Å². The van der Waals surface area contributed by atoms with Gasteiger partial charge < -0.3 is 0 Å². The highest BCUT2D eigenvalue weighted by Crippen LogP contribution is 2.38. The predicted molar refractivity (Wildman–Crippen MR) is 103 cm³/mol. The Bertz CT molecular complexity index is 654. The maximum atomic E-state index is 2.40. The molecular formula is C23H32. The third-order valence-corrected chi connectivity index (χ3v) is 4.51. The fourth-order valence-corrected chi connectivity index (χ4v) is 3.80. The third kappa shape index (κ3) is 4.47. The van der Waals surface area contributed by atoms with Crippen LogP contribution in [0.1, 0.15) is 71.9 Å². The summed E-state index contributed by atoms with van der Waals surface area (Å²) in [6.45, 7) is 16.3. The number of benzene rings is 2. The van der Waals surface area contributed by atoms with Crippen LogP contribution in [0.5, 0.6) is 0 Å². The fourth-order valence-electron chi connectivity index (χ4n) is 3.80. The van der Waals surface area contributed by atoms with E-state index in [0.29, 0.717) is 11.3 Å². The SMILES string of the molecule is CC(C)c1ccccc1-c1cccc(C(C)(C)CC(C)(C)C)c1. The summed E-state index contributed by atoms with van der Waals surface area (Å²) in [7, 11) is 0. The summed E-state index contributed by atoms with van der Waals surface area (Å²) in [6.07, 6.45) is 1.18. The minimum atomic E-state index is 0.182. The lowest BCUT2D eigenvalue weighted by Crippen LogP contribution is -2.24. The lowest BCUT2D eigenvalue weighted by atomic mass is 9.72. The van der Waals surface area contributed by atoms with Crippen LogP contribution in [-0.2, 0) is 5.41 Å². The average Bonchev–Trinajstić information content (AvgIpc) is 2.45. The minimum Gasteiger partial charge on any atom is -0.0619 e. The molecule has 0 aliphatic rings. The minimum absolute atomic E-state index is 0.182. The van der Waals surface area contributed by atoms with Crippen molar-refractivity contribution in [1.82, 2.24) is 0 Å². The van der Waals surface area contributed by atoms with Gasteiger partial charge in [-0.15, -0.1) is 0 Å². The Balaban J connectivity index is 2.46. The van der Waals surface area contributed by atoms with E-state index < -0.39 is 0 Å². The zero-order valence-electron chi connectivity index (χ0n) is 15.9. The topological polar surface area (TPSA) is 0 Å². The first-order chi connectivity index (χ1) is 10.6. The van der Waals surface area contributed by atoms with Gasteiger partial charge in [0.25, 0.3) is 0 Å². The third-order valence-electron chi connectivity index (χ3n) is 4.51. The first kappa shape index (κ1) is 17.8. The molecule has 2 rings (SSSR count). The molecule has 0 aromatic heterocycles. The Morgan fingerprint density at radius 1 is 0.826 bits per heavy atom. The number of rotatable bonds is 4. The molecule has 0 radical (unpaired) electrons. The van der Waals surface area contributed by atoms with E-state index in [1.165, 1.54) is 28.7 Å². The Morgan fingerprint density at radius 3 is 2.09 bits per heavy atom. The van der Waals surface area contributed by atoms with Gasteiger partial charge in [-0.05, 0) is 45.4 Å².